The third-order valence-electron chi connectivity index (χ3n) is 10.2. The van der Waals surface area contributed by atoms with Crippen LogP contribution in [0.25, 0.3) is 0 Å². The number of carboxylic acid groups (broad SMARTS) is 2. The fraction of sp³-hybridized carbons (Fsp3) is 0.757. The van der Waals surface area contributed by atoms with Crippen molar-refractivity contribution in [3.8, 4) is 0 Å². The molecule has 370 valence electrons. The van der Waals surface area contributed by atoms with E-state index in [2.05, 4.69) is 31.9 Å². The topological polar surface area (TPSA) is 456 Å². The fourth-order valence-electron chi connectivity index (χ4n) is 6.64. The van der Waals surface area contributed by atoms with Crippen molar-refractivity contribution in [1.82, 2.24) is 31.9 Å². The average Bonchev–Trinajstić information content (AvgIpc) is 3.22. The number of aliphatic hydroxyl groups excluding tert-OH is 5. The van der Waals surface area contributed by atoms with Gasteiger partial charge in [0.25, 0.3) is 0 Å². The van der Waals surface area contributed by atoms with Crippen molar-refractivity contribution >= 4 is 53.3 Å². The van der Waals surface area contributed by atoms with Crippen LogP contribution in [0.5, 0.6) is 0 Å². The van der Waals surface area contributed by atoms with Gasteiger partial charge in [0.15, 0.2) is 12.6 Å². The van der Waals surface area contributed by atoms with Gasteiger partial charge in [-0.25, -0.2) is 9.59 Å². The Balaban J connectivity index is 2.10. The van der Waals surface area contributed by atoms with Gasteiger partial charge in [-0.3, -0.25) is 33.6 Å². The van der Waals surface area contributed by atoms with Crippen LogP contribution in [0.4, 0.5) is 0 Å². The first-order valence-electron chi connectivity index (χ1n) is 20.5. The second kappa shape index (κ2) is 26.7. The molecule has 2 saturated heterocycles. The fourth-order valence-corrected chi connectivity index (χ4v) is 6.64. The number of unbranched alkanes of at least 4 members (excludes halogenated alkanes) is 1. The van der Waals surface area contributed by atoms with Crippen LogP contribution < -0.4 is 43.4 Å². The number of aliphatic carboxylic acids is 2. The van der Waals surface area contributed by atoms with Crippen molar-refractivity contribution < 1.29 is 97.8 Å². The third-order valence-corrected chi connectivity index (χ3v) is 10.2. The highest BCUT2D eigenvalue weighted by molar-refractivity contribution is 5.91. The van der Waals surface area contributed by atoms with Crippen molar-refractivity contribution in [2.75, 3.05) is 19.8 Å². The van der Waals surface area contributed by atoms with Gasteiger partial charge in [0.1, 0.15) is 72.9 Å². The molecule has 2 aliphatic rings. The lowest BCUT2D eigenvalue weighted by Gasteiger charge is -2.48. The molecule has 2 fully saturated rings. The maximum Gasteiger partial charge on any atom is 0.326 e. The molecular weight excluding hydrogens is 876 g/mol. The van der Waals surface area contributed by atoms with Crippen LogP contribution in [0.1, 0.15) is 66.2 Å². The molecule has 28 heteroatoms. The minimum Gasteiger partial charge on any atom is -0.480 e. The Morgan fingerprint density at radius 2 is 1.29 bits per heavy atom. The molecule has 0 aromatic rings. The standard InChI is InChI=1S/C37H62N8O20/c1-14(32(55)45-20(35(59)60)8-9-23(50)44-19(34(57)58)7-5-6-10-40-24(51)11-18(38)31(39)54)41-33(56)15(2)62-30-26(43-17(4)49)36(61)63-22(13-47)29(30)65-37-25(42-16(3)48)28(53)27(52)21(12-46)64-37/h14-15,18-22,25-30,36-37,46-47,52-53,61H,5-13,38H2,1-4H3,(H2,39,54)(H,40,51)(H,41,56)(H,42,48)(H,43,49)(H,44,50)(H,45,55)(H,57,58)(H,59,60). The van der Waals surface area contributed by atoms with Gasteiger partial charge in [-0.05, 0) is 39.5 Å². The molecule has 0 saturated carbocycles. The lowest BCUT2D eigenvalue weighted by Crippen LogP contribution is -2.70. The molecule has 15 atom stereocenters. The normalized spacial score (nSPS) is 27.6. The number of amides is 7. The van der Waals surface area contributed by atoms with E-state index in [1.54, 1.807) is 0 Å². The van der Waals surface area contributed by atoms with Gasteiger partial charge < -0.3 is 98.1 Å². The van der Waals surface area contributed by atoms with Crippen molar-refractivity contribution in [2.24, 2.45) is 11.5 Å². The molecule has 0 aromatic heterocycles. The zero-order valence-electron chi connectivity index (χ0n) is 36.1. The lowest BCUT2D eigenvalue weighted by molar-refractivity contribution is -0.333. The van der Waals surface area contributed by atoms with E-state index in [0.29, 0.717) is 6.42 Å². The SMILES string of the molecule is CC(=O)NC1C(OC2C(CO)OC(O)C(NC(C)=O)C2OC(C)C(=O)NC(C)C(=O)NC(CCC(=O)NC(CCCCNC(=O)CC(N)C(N)=O)C(=O)O)C(=O)O)OC(CO)C(O)C1O. The maximum absolute atomic E-state index is 13.4. The first-order chi connectivity index (χ1) is 30.4. The molecule has 0 radical (unpaired) electrons. The van der Waals surface area contributed by atoms with Crippen molar-refractivity contribution in [3.05, 3.63) is 0 Å². The molecule has 15 unspecified atom stereocenters. The van der Waals surface area contributed by atoms with Crippen LogP contribution in [-0.2, 0) is 62.1 Å². The molecule has 65 heavy (non-hydrogen) atoms. The third kappa shape index (κ3) is 17.6. The number of carboxylic acids is 2. The smallest absolute Gasteiger partial charge is 0.326 e. The summed E-state index contributed by atoms with van der Waals surface area (Å²) in [6.45, 7) is 2.92. The number of rotatable bonds is 26. The molecule has 0 spiro atoms. The summed E-state index contributed by atoms with van der Waals surface area (Å²) in [4.78, 5) is 110. The molecule has 2 heterocycles. The number of carbonyl (C=O) groups is 9. The molecule has 2 aliphatic heterocycles. The number of nitrogens with one attached hydrogen (secondary N) is 6. The Morgan fingerprint density at radius 3 is 1.85 bits per heavy atom. The highest BCUT2D eigenvalue weighted by Crippen LogP contribution is 2.31. The summed E-state index contributed by atoms with van der Waals surface area (Å²) in [7, 11) is 0. The average molecular weight is 939 g/mol. The molecule has 28 nitrogen and oxygen atoms in total. The van der Waals surface area contributed by atoms with Gasteiger partial charge in [-0.1, -0.05) is 0 Å². The number of primary amides is 1. The zero-order valence-corrected chi connectivity index (χ0v) is 36.1. The summed E-state index contributed by atoms with van der Waals surface area (Å²) in [6, 6.07) is -8.75. The predicted molar refractivity (Wildman–Crippen MR) is 215 cm³/mol. The van der Waals surface area contributed by atoms with E-state index in [0.717, 1.165) is 13.8 Å². The second-order valence-corrected chi connectivity index (χ2v) is 15.4. The predicted octanol–water partition coefficient (Wildman–Crippen LogP) is -7.78. The Kier molecular flexibility index (Phi) is 23.0. The Bertz CT molecular complexity index is 1680. The first kappa shape index (κ1) is 56.0. The van der Waals surface area contributed by atoms with Crippen LogP contribution in [-0.4, -0.2) is 200 Å². The number of carbonyl (C=O) groups excluding carboxylic acids is 7. The highest BCUT2D eigenvalue weighted by Gasteiger charge is 2.53. The van der Waals surface area contributed by atoms with Gasteiger partial charge in [0.05, 0.1) is 25.7 Å². The molecule has 0 bridgehead atoms. The van der Waals surface area contributed by atoms with Gasteiger partial charge in [-0.2, -0.15) is 0 Å². The van der Waals surface area contributed by atoms with Gasteiger partial charge >= 0.3 is 11.9 Å². The number of hydrogen-bond donors (Lipinski definition) is 15. The summed E-state index contributed by atoms with van der Waals surface area (Å²) >= 11 is 0. The molecular formula is C37H62N8O20. The zero-order chi connectivity index (χ0) is 49.3. The van der Waals surface area contributed by atoms with E-state index in [1.165, 1.54) is 13.8 Å². The highest BCUT2D eigenvalue weighted by atomic mass is 16.7. The first-order valence-corrected chi connectivity index (χ1v) is 20.5. The summed E-state index contributed by atoms with van der Waals surface area (Å²) in [5, 5.41) is 85.4. The molecule has 17 N–H and O–H groups in total. The number of aliphatic hydroxyl groups is 5. The molecule has 0 aliphatic carbocycles. The van der Waals surface area contributed by atoms with Crippen LogP contribution in [0.15, 0.2) is 0 Å². The van der Waals surface area contributed by atoms with Gasteiger partial charge in [0, 0.05) is 26.8 Å². The second-order valence-electron chi connectivity index (χ2n) is 15.4. The van der Waals surface area contributed by atoms with E-state index in [9.17, 15) is 78.9 Å². The Labute approximate surface area is 371 Å². The minimum absolute atomic E-state index is 0.0664. The summed E-state index contributed by atoms with van der Waals surface area (Å²) < 4.78 is 23.1. The van der Waals surface area contributed by atoms with Crippen LogP contribution in [0.2, 0.25) is 0 Å². The van der Waals surface area contributed by atoms with Crippen molar-refractivity contribution in [3.63, 3.8) is 0 Å². The molecule has 7 amide bonds. The van der Waals surface area contributed by atoms with E-state index in [-0.39, 0.29) is 25.8 Å². The van der Waals surface area contributed by atoms with Crippen LogP contribution in [0, 0.1) is 0 Å². The van der Waals surface area contributed by atoms with Crippen LogP contribution in [0.3, 0.4) is 0 Å². The number of ether oxygens (including phenoxy) is 4. The lowest BCUT2D eigenvalue weighted by atomic mass is 9.94. The van der Waals surface area contributed by atoms with Gasteiger partial charge in [-0.15, -0.1) is 0 Å². The largest absolute Gasteiger partial charge is 0.480 e. The van der Waals surface area contributed by atoms with E-state index in [1.807, 2.05) is 0 Å². The van der Waals surface area contributed by atoms with E-state index >= 15 is 0 Å². The van der Waals surface area contributed by atoms with Crippen molar-refractivity contribution in [1.29, 1.82) is 0 Å². The summed E-state index contributed by atoms with van der Waals surface area (Å²) in [6.07, 6.45) is -15.8. The maximum atomic E-state index is 13.4. The quantitative estimate of drug-likeness (QED) is 0.0358. The van der Waals surface area contributed by atoms with Crippen molar-refractivity contribution in [2.45, 2.75) is 158 Å². The summed E-state index contributed by atoms with van der Waals surface area (Å²) in [5.41, 5.74) is 10.4. The van der Waals surface area contributed by atoms with Gasteiger partial charge in [0.2, 0.25) is 41.4 Å². The minimum atomic E-state index is -1.89. The summed E-state index contributed by atoms with van der Waals surface area (Å²) in [5.74, 6) is -8.71. The Morgan fingerprint density at radius 1 is 0.708 bits per heavy atom. The number of nitrogens with two attached hydrogens (primary N) is 2. The molecule has 2 rings (SSSR count). The van der Waals surface area contributed by atoms with E-state index in [4.69, 9.17) is 30.4 Å². The monoisotopic (exact) mass is 938 g/mol. The Hall–Kier alpha value is -5.17. The molecule has 0 aromatic carbocycles. The van der Waals surface area contributed by atoms with Crippen LogP contribution >= 0.6 is 0 Å². The number of hydrogen-bond acceptors (Lipinski definition) is 19. The van der Waals surface area contributed by atoms with E-state index < -0.39 is 171 Å².